The number of carbonyl (C=O) groups is 1. The lowest BCUT2D eigenvalue weighted by molar-refractivity contribution is 0.0593. The minimum Gasteiger partial charge on any atom is -0.464 e. The van der Waals surface area contributed by atoms with Crippen LogP contribution in [0.2, 0.25) is 0 Å². The van der Waals surface area contributed by atoms with E-state index in [1.807, 2.05) is 0 Å². The molecule has 1 N–H and O–H groups in total. The second-order valence-electron chi connectivity index (χ2n) is 2.34. The Labute approximate surface area is 81.5 Å². The van der Waals surface area contributed by atoms with Gasteiger partial charge >= 0.3 is 5.97 Å². The van der Waals surface area contributed by atoms with Crippen LogP contribution in [0.3, 0.4) is 0 Å². The lowest BCUT2D eigenvalue weighted by Crippen LogP contribution is -2.07. The Morgan fingerprint density at radius 3 is 2.93 bits per heavy atom. The third-order valence-corrected chi connectivity index (χ3v) is 1.42. The van der Waals surface area contributed by atoms with Gasteiger partial charge in [-0.25, -0.2) is 14.8 Å². The molecular formula is C9H9N3O2. The monoisotopic (exact) mass is 191 g/mol. The number of methoxy groups -OCH3 is 1. The van der Waals surface area contributed by atoms with E-state index in [1.54, 1.807) is 0 Å². The van der Waals surface area contributed by atoms with Gasteiger partial charge in [0.25, 0.3) is 0 Å². The van der Waals surface area contributed by atoms with E-state index in [1.165, 1.54) is 19.5 Å². The number of nitrogens with zero attached hydrogens (tertiary/aromatic N) is 2. The van der Waals surface area contributed by atoms with Gasteiger partial charge in [-0.2, -0.15) is 0 Å². The Bertz CT molecular complexity index is 353. The van der Waals surface area contributed by atoms with Gasteiger partial charge in [-0.1, -0.05) is 5.92 Å². The summed E-state index contributed by atoms with van der Waals surface area (Å²) >= 11 is 0. The first-order valence-electron chi connectivity index (χ1n) is 3.85. The molecule has 0 aliphatic heterocycles. The highest BCUT2D eigenvalue weighted by molar-refractivity contribution is 5.86. The first-order chi connectivity index (χ1) is 6.77. The Hall–Kier alpha value is -2.09. The highest BCUT2D eigenvalue weighted by Gasteiger charge is 2.06. The molecule has 14 heavy (non-hydrogen) atoms. The number of esters is 1. The molecule has 0 unspecified atom stereocenters. The molecule has 0 amide bonds. The van der Waals surface area contributed by atoms with Crippen molar-refractivity contribution in [1.82, 2.24) is 9.97 Å². The molecule has 0 aliphatic carbocycles. The van der Waals surface area contributed by atoms with Gasteiger partial charge in [-0.15, -0.1) is 6.42 Å². The normalized spacial score (nSPS) is 8.86. The molecule has 1 aromatic heterocycles. The van der Waals surface area contributed by atoms with Crippen LogP contribution in [0.4, 0.5) is 5.82 Å². The largest absolute Gasteiger partial charge is 0.464 e. The van der Waals surface area contributed by atoms with E-state index in [4.69, 9.17) is 6.42 Å². The summed E-state index contributed by atoms with van der Waals surface area (Å²) in [6.07, 6.45) is 7.79. The van der Waals surface area contributed by atoms with Gasteiger partial charge < -0.3 is 10.1 Å². The van der Waals surface area contributed by atoms with Crippen molar-refractivity contribution in [1.29, 1.82) is 0 Å². The molecule has 0 aromatic carbocycles. The fraction of sp³-hybridized carbons (Fsp3) is 0.222. The second kappa shape index (κ2) is 4.82. The van der Waals surface area contributed by atoms with Crippen LogP contribution in [-0.2, 0) is 4.74 Å². The van der Waals surface area contributed by atoms with Gasteiger partial charge in [0.2, 0.25) is 0 Å². The van der Waals surface area contributed by atoms with Crippen molar-refractivity contribution < 1.29 is 9.53 Å². The Morgan fingerprint density at radius 2 is 2.43 bits per heavy atom. The van der Waals surface area contributed by atoms with Gasteiger partial charge in [0.1, 0.15) is 5.82 Å². The first-order valence-corrected chi connectivity index (χ1v) is 3.85. The van der Waals surface area contributed by atoms with Crippen LogP contribution in [0, 0.1) is 12.3 Å². The Kier molecular flexibility index (Phi) is 3.44. The summed E-state index contributed by atoms with van der Waals surface area (Å²) < 4.78 is 4.46. The number of hydrogen-bond acceptors (Lipinski definition) is 5. The summed E-state index contributed by atoms with van der Waals surface area (Å²) in [7, 11) is 1.29. The average Bonchev–Trinajstić information content (AvgIpc) is 2.26. The molecule has 0 bridgehead atoms. The molecule has 1 heterocycles. The maximum atomic E-state index is 11.0. The number of anilines is 1. The van der Waals surface area contributed by atoms with Crippen molar-refractivity contribution in [2.24, 2.45) is 0 Å². The summed E-state index contributed by atoms with van der Waals surface area (Å²) in [6, 6.07) is 0. The predicted octanol–water partition coefficient (Wildman–Crippen LogP) is 0.308. The molecule has 5 heteroatoms. The van der Waals surface area contributed by atoms with Crippen molar-refractivity contribution in [2.75, 3.05) is 19.0 Å². The van der Waals surface area contributed by atoms with Crippen molar-refractivity contribution in [2.45, 2.75) is 0 Å². The smallest absolute Gasteiger partial charge is 0.358 e. The van der Waals surface area contributed by atoms with Gasteiger partial charge in [0.15, 0.2) is 5.69 Å². The van der Waals surface area contributed by atoms with Crippen molar-refractivity contribution in [3.05, 3.63) is 18.1 Å². The van der Waals surface area contributed by atoms with E-state index >= 15 is 0 Å². The zero-order valence-electron chi connectivity index (χ0n) is 7.65. The summed E-state index contributed by atoms with van der Waals surface area (Å²) in [5.41, 5.74) is 0.166. The number of rotatable bonds is 3. The van der Waals surface area contributed by atoms with Gasteiger partial charge in [0.05, 0.1) is 26.0 Å². The number of aromatic nitrogens is 2. The van der Waals surface area contributed by atoms with Crippen molar-refractivity contribution >= 4 is 11.8 Å². The van der Waals surface area contributed by atoms with E-state index < -0.39 is 5.97 Å². The lowest BCUT2D eigenvalue weighted by atomic mass is 10.4. The predicted molar refractivity (Wildman–Crippen MR) is 50.7 cm³/mol. The van der Waals surface area contributed by atoms with Crippen molar-refractivity contribution in [3.8, 4) is 12.3 Å². The highest BCUT2D eigenvalue weighted by Crippen LogP contribution is 2.01. The quantitative estimate of drug-likeness (QED) is 0.550. The van der Waals surface area contributed by atoms with Crippen LogP contribution in [0.25, 0.3) is 0 Å². The molecule has 1 aromatic rings. The minimum atomic E-state index is -0.513. The molecule has 5 nitrogen and oxygen atoms in total. The van der Waals surface area contributed by atoms with Crippen molar-refractivity contribution in [3.63, 3.8) is 0 Å². The number of hydrogen-bond donors (Lipinski definition) is 1. The molecule has 0 fully saturated rings. The van der Waals surface area contributed by atoms with E-state index in [2.05, 4.69) is 25.9 Å². The number of carbonyl (C=O) groups excluding carboxylic acids is 1. The molecule has 72 valence electrons. The number of terminal acetylenes is 1. The second-order valence-corrected chi connectivity index (χ2v) is 2.34. The van der Waals surface area contributed by atoms with Crippen LogP contribution < -0.4 is 5.32 Å². The SMILES string of the molecule is C#CCNc1cnc(C(=O)OC)cn1. The fourth-order valence-electron chi connectivity index (χ4n) is 0.771. The molecule has 0 aliphatic rings. The molecule has 0 spiro atoms. The molecule has 0 atom stereocenters. The highest BCUT2D eigenvalue weighted by atomic mass is 16.5. The lowest BCUT2D eigenvalue weighted by Gasteiger charge is -2.01. The summed E-state index contributed by atoms with van der Waals surface area (Å²) in [5, 5.41) is 2.82. The van der Waals surface area contributed by atoms with Gasteiger partial charge in [-0.3, -0.25) is 0 Å². The Balaban J connectivity index is 2.69. The summed E-state index contributed by atoms with van der Waals surface area (Å²) in [4.78, 5) is 18.7. The van der Waals surface area contributed by atoms with E-state index in [0.717, 1.165) is 0 Å². The maximum absolute atomic E-state index is 11.0. The van der Waals surface area contributed by atoms with Crippen LogP contribution >= 0.6 is 0 Å². The summed E-state index contributed by atoms with van der Waals surface area (Å²) in [6.45, 7) is 0.367. The zero-order chi connectivity index (χ0) is 10.4. The van der Waals surface area contributed by atoms with E-state index in [0.29, 0.717) is 12.4 Å². The van der Waals surface area contributed by atoms with Gasteiger partial charge in [0, 0.05) is 0 Å². The molecule has 0 saturated carbocycles. The molecular weight excluding hydrogens is 182 g/mol. The molecule has 1 rings (SSSR count). The summed E-state index contributed by atoms with van der Waals surface area (Å²) in [5.74, 6) is 2.40. The zero-order valence-corrected chi connectivity index (χ0v) is 7.65. The van der Waals surface area contributed by atoms with E-state index in [9.17, 15) is 4.79 Å². The number of ether oxygens (including phenoxy) is 1. The Morgan fingerprint density at radius 1 is 1.64 bits per heavy atom. The first kappa shape index (κ1) is 9.99. The van der Waals surface area contributed by atoms with Crippen LogP contribution in [0.1, 0.15) is 10.5 Å². The average molecular weight is 191 g/mol. The fourth-order valence-corrected chi connectivity index (χ4v) is 0.771. The standard InChI is InChI=1S/C9H9N3O2/c1-3-4-10-8-6-11-7(5-12-8)9(13)14-2/h1,5-6H,4H2,2H3,(H,10,12). The van der Waals surface area contributed by atoms with Crippen LogP contribution in [-0.4, -0.2) is 29.6 Å². The third-order valence-electron chi connectivity index (χ3n) is 1.42. The van der Waals surface area contributed by atoms with Crippen LogP contribution in [0.15, 0.2) is 12.4 Å². The molecule has 0 saturated heterocycles. The molecule has 0 radical (unpaired) electrons. The van der Waals surface area contributed by atoms with Crippen LogP contribution in [0.5, 0.6) is 0 Å². The maximum Gasteiger partial charge on any atom is 0.358 e. The number of nitrogens with one attached hydrogen (secondary N) is 1. The minimum absolute atomic E-state index is 0.166. The topological polar surface area (TPSA) is 64.1 Å². The third kappa shape index (κ3) is 2.45. The van der Waals surface area contributed by atoms with E-state index in [-0.39, 0.29) is 5.69 Å². The van der Waals surface area contributed by atoms with Gasteiger partial charge in [-0.05, 0) is 0 Å².